The molecule has 0 radical (unpaired) electrons. The predicted molar refractivity (Wildman–Crippen MR) is 80.9 cm³/mol. The minimum Gasteiger partial charge on any atom is -0.444 e. The number of hydroxylamine groups is 2. The van der Waals surface area contributed by atoms with Gasteiger partial charge in [0.1, 0.15) is 18.2 Å². The number of carbonyl (C=O) groups is 3. The summed E-state index contributed by atoms with van der Waals surface area (Å²) >= 11 is 0. The molecule has 23 heavy (non-hydrogen) atoms. The minimum atomic E-state index is -0.965. The lowest BCUT2D eigenvalue weighted by Gasteiger charge is -2.21. The summed E-state index contributed by atoms with van der Waals surface area (Å²) in [6.45, 7) is 5.23. The molecular formula is C16H20N2O5. The van der Waals surface area contributed by atoms with Gasteiger partial charge in [0, 0.05) is 0 Å². The highest BCUT2D eigenvalue weighted by Gasteiger charge is 2.41. The van der Waals surface area contributed by atoms with Crippen LogP contribution in [0.2, 0.25) is 0 Å². The first-order valence-electron chi connectivity index (χ1n) is 7.29. The van der Waals surface area contributed by atoms with Crippen LogP contribution < -0.4 is 5.32 Å². The standard InChI is InChI=1S/C16H20N2O5/c1-16(2,3)23-15(21)17-12-9-13(19)18(14(12)20)22-10-11-7-5-4-6-8-11/h4-8,12H,9-10H2,1-3H3,(H,17,21)/t12-/m1/s1. The van der Waals surface area contributed by atoms with Gasteiger partial charge in [0.2, 0.25) is 0 Å². The molecule has 0 aliphatic carbocycles. The molecule has 1 N–H and O–H groups in total. The number of carbonyl (C=O) groups excluding carboxylic acids is 3. The van der Waals surface area contributed by atoms with E-state index in [1.165, 1.54) is 0 Å². The van der Waals surface area contributed by atoms with E-state index in [2.05, 4.69) is 5.32 Å². The van der Waals surface area contributed by atoms with Gasteiger partial charge >= 0.3 is 6.09 Å². The van der Waals surface area contributed by atoms with Gasteiger partial charge in [-0.15, -0.1) is 0 Å². The summed E-state index contributed by atoms with van der Waals surface area (Å²) in [6.07, 6.45) is -0.888. The Labute approximate surface area is 134 Å². The number of imide groups is 1. The summed E-state index contributed by atoms with van der Waals surface area (Å²) in [4.78, 5) is 41.0. The van der Waals surface area contributed by atoms with E-state index in [0.717, 1.165) is 5.56 Å². The van der Waals surface area contributed by atoms with Gasteiger partial charge in [0.25, 0.3) is 11.8 Å². The molecule has 7 heteroatoms. The van der Waals surface area contributed by atoms with Crippen LogP contribution in [-0.2, 0) is 25.8 Å². The molecule has 1 atom stereocenters. The molecule has 1 saturated heterocycles. The molecule has 0 saturated carbocycles. The van der Waals surface area contributed by atoms with Gasteiger partial charge in [-0.25, -0.2) is 4.79 Å². The van der Waals surface area contributed by atoms with Crippen molar-refractivity contribution in [2.45, 2.75) is 45.4 Å². The van der Waals surface area contributed by atoms with Gasteiger partial charge in [-0.3, -0.25) is 14.4 Å². The van der Waals surface area contributed by atoms with Crippen LogP contribution in [0.15, 0.2) is 30.3 Å². The summed E-state index contributed by atoms with van der Waals surface area (Å²) in [5.74, 6) is -1.09. The number of rotatable bonds is 4. The number of alkyl carbamates (subject to hydrolysis) is 1. The smallest absolute Gasteiger partial charge is 0.408 e. The van der Waals surface area contributed by atoms with Crippen molar-refractivity contribution < 1.29 is 24.0 Å². The molecular weight excluding hydrogens is 300 g/mol. The Kier molecular flexibility index (Phi) is 5.00. The van der Waals surface area contributed by atoms with E-state index >= 15 is 0 Å². The number of amides is 3. The van der Waals surface area contributed by atoms with Crippen LogP contribution in [-0.4, -0.2) is 34.6 Å². The first-order chi connectivity index (χ1) is 10.8. The van der Waals surface area contributed by atoms with Crippen molar-refractivity contribution in [3.8, 4) is 0 Å². The molecule has 1 aromatic carbocycles. The zero-order valence-corrected chi connectivity index (χ0v) is 13.4. The highest BCUT2D eigenvalue weighted by Crippen LogP contribution is 2.16. The van der Waals surface area contributed by atoms with Crippen molar-refractivity contribution in [3.05, 3.63) is 35.9 Å². The van der Waals surface area contributed by atoms with Crippen LogP contribution in [0.3, 0.4) is 0 Å². The van der Waals surface area contributed by atoms with Crippen molar-refractivity contribution in [1.82, 2.24) is 10.4 Å². The Morgan fingerprint density at radius 1 is 1.26 bits per heavy atom. The van der Waals surface area contributed by atoms with Gasteiger partial charge in [-0.05, 0) is 26.3 Å². The van der Waals surface area contributed by atoms with Gasteiger partial charge < -0.3 is 10.1 Å². The maximum absolute atomic E-state index is 12.1. The Balaban J connectivity index is 1.90. The van der Waals surface area contributed by atoms with E-state index in [-0.39, 0.29) is 13.0 Å². The van der Waals surface area contributed by atoms with Crippen LogP contribution in [0.4, 0.5) is 4.79 Å². The predicted octanol–water partition coefficient (Wildman–Crippen LogP) is 1.77. The fraction of sp³-hybridized carbons (Fsp3) is 0.438. The second-order valence-electron chi connectivity index (χ2n) is 6.19. The van der Waals surface area contributed by atoms with Crippen LogP contribution in [0.1, 0.15) is 32.8 Å². The van der Waals surface area contributed by atoms with Crippen molar-refractivity contribution in [2.24, 2.45) is 0 Å². The molecule has 0 spiro atoms. The van der Waals surface area contributed by atoms with E-state index in [4.69, 9.17) is 9.57 Å². The van der Waals surface area contributed by atoms with Crippen molar-refractivity contribution in [1.29, 1.82) is 0 Å². The molecule has 0 bridgehead atoms. The maximum Gasteiger partial charge on any atom is 0.408 e. The summed E-state index contributed by atoms with van der Waals surface area (Å²) in [5.41, 5.74) is 0.149. The largest absolute Gasteiger partial charge is 0.444 e. The lowest BCUT2D eigenvalue weighted by Crippen LogP contribution is -2.43. The Morgan fingerprint density at radius 3 is 2.52 bits per heavy atom. The van der Waals surface area contributed by atoms with Crippen LogP contribution in [0.5, 0.6) is 0 Å². The number of hydrogen-bond donors (Lipinski definition) is 1. The normalized spacial score (nSPS) is 18.2. The molecule has 1 aliphatic heterocycles. The summed E-state index contributed by atoms with van der Waals surface area (Å²) in [6, 6.07) is 8.20. The summed E-state index contributed by atoms with van der Waals surface area (Å²) in [7, 11) is 0. The monoisotopic (exact) mass is 320 g/mol. The van der Waals surface area contributed by atoms with Gasteiger partial charge in [0.05, 0.1) is 6.42 Å². The van der Waals surface area contributed by atoms with Crippen molar-refractivity contribution in [2.75, 3.05) is 0 Å². The van der Waals surface area contributed by atoms with Crippen molar-refractivity contribution in [3.63, 3.8) is 0 Å². The average Bonchev–Trinajstić information content (AvgIpc) is 2.70. The first-order valence-corrected chi connectivity index (χ1v) is 7.29. The van der Waals surface area contributed by atoms with Crippen LogP contribution >= 0.6 is 0 Å². The van der Waals surface area contributed by atoms with Gasteiger partial charge in [-0.2, -0.15) is 5.06 Å². The molecule has 124 valence electrons. The molecule has 1 fully saturated rings. The Hall–Kier alpha value is -2.41. The van der Waals surface area contributed by atoms with E-state index in [9.17, 15) is 14.4 Å². The molecule has 0 aromatic heterocycles. The lowest BCUT2D eigenvalue weighted by molar-refractivity contribution is -0.191. The molecule has 1 aliphatic rings. The third-order valence-corrected chi connectivity index (χ3v) is 3.00. The van der Waals surface area contributed by atoms with Gasteiger partial charge in [-0.1, -0.05) is 30.3 Å². The number of benzene rings is 1. The zero-order valence-electron chi connectivity index (χ0n) is 13.4. The average molecular weight is 320 g/mol. The molecule has 1 heterocycles. The molecule has 7 nitrogen and oxygen atoms in total. The number of hydrogen-bond acceptors (Lipinski definition) is 5. The molecule has 1 aromatic rings. The summed E-state index contributed by atoms with van der Waals surface area (Å²) in [5, 5.41) is 3.09. The quantitative estimate of drug-likeness (QED) is 0.855. The van der Waals surface area contributed by atoms with E-state index in [0.29, 0.717) is 5.06 Å². The lowest BCUT2D eigenvalue weighted by atomic mass is 10.2. The molecule has 0 unspecified atom stereocenters. The van der Waals surface area contributed by atoms with Crippen LogP contribution in [0, 0.1) is 0 Å². The number of nitrogens with one attached hydrogen (secondary N) is 1. The first kappa shape index (κ1) is 17.0. The minimum absolute atomic E-state index is 0.0947. The van der Waals surface area contributed by atoms with Crippen molar-refractivity contribution >= 4 is 17.9 Å². The third kappa shape index (κ3) is 4.79. The highest BCUT2D eigenvalue weighted by atomic mass is 16.7. The van der Waals surface area contributed by atoms with E-state index in [1.807, 2.05) is 30.3 Å². The second kappa shape index (κ2) is 6.78. The topological polar surface area (TPSA) is 84.9 Å². The summed E-state index contributed by atoms with van der Waals surface area (Å²) < 4.78 is 5.07. The zero-order chi connectivity index (χ0) is 17.0. The van der Waals surface area contributed by atoms with Gasteiger partial charge in [0.15, 0.2) is 0 Å². The van der Waals surface area contributed by atoms with Crippen LogP contribution in [0.25, 0.3) is 0 Å². The molecule has 3 amide bonds. The SMILES string of the molecule is CC(C)(C)OC(=O)N[C@@H]1CC(=O)N(OCc2ccccc2)C1=O. The second-order valence-corrected chi connectivity index (χ2v) is 6.19. The highest BCUT2D eigenvalue weighted by molar-refractivity contribution is 6.05. The third-order valence-electron chi connectivity index (χ3n) is 3.00. The number of nitrogens with zero attached hydrogens (tertiary/aromatic N) is 1. The van der Waals surface area contributed by atoms with E-state index < -0.39 is 29.6 Å². The number of ether oxygens (including phenoxy) is 1. The Bertz CT molecular complexity index is 594. The maximum atomic E-state index is 12.1. The molecule has 2 rings (SSSR count). The van der Waals surface area contributed by atoms with E-state index in [1.54, 1.807) is 20.8 Å². The Morgan fingerprint density at radius 2 is 1.91 bits per heavy atom. The fourth-order valence-electron chi connectivity index (χ4n) is 2.02. The fourth-order valence-corrected chi connectivity index (χ4v) is 2.02.